The predicted octanol–water partition coefficient (Wildman–Crippen LogP) is 0.798. The number of ether oxygens (including phenoxy) is 1. The number of carbonyl (C=O) groups excluding carboxylic acids is 4. The summed E-state index contributed by atoms with van der Waals surface area (Å²) in [4.78, 5) is 55.9. The molecule has 3 saturated heterocycles. The Balaban J connectivity index is 1.29. The molecule has 2 N–H and O–H groups in total. The van der Waals surface area contributed by atoms with E-state index < -0.39 is 18.1 Å². The highest BCUT2D eigenvalue weighted by molar-refractivity contribution is 7.12. The van der Waals surface area contributed by atoms with E-state index in [9.17, 15) is 19.2 Å². The molecule has 0 radical (unpaired) electrons. The van der Waals surface area contributed by atoms with E-state index in [1.54, 1.807) is 30.2 Å². The van der Waals surface area contributed by atoms with Crippen LogP contribution in [0.25, 0.3) is 0 Å². The van der Waals surface area contributed by atoms with Crippen molar-refractivity contribution in [3.05, 3.63) is 52.2 Å². The minimum Gasteiger partial charge on any atom is -0.496 e. The maximum Gasteiger partial charge on any atom is 0.264 e. The number of nitrogens with zero attached hydrogens (tertiary/aromatic N) is 2. The van der Waals surface area contributed by atoms with Gasteiger partial charge in [-0.15, -0.1) is 11.3 Å². The maximum atomic E-state index is 13.6. The molecular weight excluding hydrogens is 456 g/mol. The van der Waals surface area contributed by atoms with Crippen LogP contribution in [-0.2, 0) is 20.8 Å². The van der Waals surface area contributed by atoms with Crippen LogP contribution in [0.1, 0.15) is 28.1 Å². The number of thiophene rings is 1. The van der Waals surface area contributed by atoms with Crippen molar-refractivity contribution in [2.75, 3.05) is 20.2 Å². The Bertz CT molecular complexity index is 1120. The molecule has 0 saturated carbocycles. The highest BCUT2D eigenvalue weighted by Crippen LogP contribution is 2.30. The summed E-state index contributed by atoms with van der Waals surface area (Å²) in [6.45, 7) is 0.647. The Hall–Kier alpha value is -3.40. The van der Waals surface area contributed by atoms with E-state index in [0.717, 1.165) is 5.56 Å². The van der Waals surface area contributed by atoms with E-state index in [-0.39, 0.29) is 42.6 Å². The van der Waals surface area contributed by atoms with Gasteiger partial charge in [0.15, 0.2) is 0 Å². The molecule has 10 heteroatoms. The molecule has 1 aromatic heterocycles. The second-order valence-electron chi connectivity index (χ2n) is 8.82. The Morgan fingerprint density at radius 1 is 1.21 bits per heavy atom. The Labute approximate surface area is 201 Å². The largest absolute Gasteiger partial charge is 0.496 e. The monoisotopic (exact) mass is 482 g/mol. The van der Waals surface area contributed by atoms with Gasteiger partial charge in [0.05, 0.1) is 24.4 Å². The smallest absolute Gasteiger partial charge is 0.264 e. The molecule has 0 bridgehead atoms. The summed E-state index contributed by atoms with van der Waals surface area (Å²) in [5, 5.41) is 7.77. The maximum absolute atomic E-state index is 13.6. The third-order valence-electron chi connectivity index (χ3n) is 6.77. The average Bonchev–Trinajstić information content (AvgIpc) is 3.57. The number of hydrogen-bond acceptors (Lipinski definition) is 6. The summed E-state index contributed by atoms with van der Waals surface area (Å²) < 4.78 is 5.31. The first-order valence-electron chi connectivity index (χ1n) is 11.3. The molecule has 4 amide bonds. The molecular formula is C24H26N4O5S. The predicted molar refractivity (Wildman–Crippen MR) is 124 cm³/mol. The lowest BCUT2D eigenvalue weighted by molar-refractivity contribution is -0.138. The zero-order valence-electron chi connectivity index (χ0n) is 18.7. The van der Waals surface area contributed by atoms with Crippen LogP contribution in [-0.4, -0.2) is 77.8 Å². The van der Waals surface area contributed by atoms with Crippen LogP contribution in [0.5, 0.6) is 5.75 Å². The summed E-state index contributed by atoms with van der Waals surface area (Å²) >= 11 is 1.33. The van der Waals surface area contributed by atoms with E-state index in [0.29, 0.717) is 30.0 Å². The fraction of sp³-hybridized carbons (Fsp3) is 0.417. The number of fused-ring (bicyclic) bond motifs is 2. The van der Waals surface area contributed by atoms with Gasteiger partial charge in [0, 0.05) is 24.7 Å². The third kappa shape index (κ3) is 4.02. The van der Waals surface area contributed by atoms with Crippen molar-refractivity contribution in [2.24, 2.45) is 0 Å². The number of rotatable bonds is 5. The molecule has 5 rings (SSSR count). The van der Waals surface area contributed by atoms with Gasteiger partial charge in [-0.2, -0.15) is 0 Å². The van der Waals surface area contributed by atoms with Crippen molar-refractivity contribution in [1.29, 1.82) is 0 Å². The highest BCUT2D eigenvalue weighted by atomic mass is 32.1. The van der Waals surface area contributed by atoms with E-state index in [1.165, 1.54) is 16.2 Å². The van der Waals surface area contributed by atoms with Crippen LogP contribution in [0.15, 0.2) is 41.8 Å². The highest BCUT2D eigenvalue weighted by Gasteiger charge is 2.52. The topological polar surface area (TPSA) is 108 Å². The Morgan fingerprint density at radius 2 is 2.03 bits per heavy atom. The van der Waals surface area contributed by atoms with Crippen molar-refractivity contribution in [3.63, 3.8) is 0 Å². The van der Waals surface area contributed by atoms with Crippen LogP contribution in [0.2, 0.25) is 0 Å². The fourth-order valence-electron chi connectivity index (χ4n) is 5.20. The fourth-order valence-corrected chi connectivity index (χ4v) is 5.88. The van der Waals surface area contributed by atoms with Crippen LogP contribution in [0, 0.1) is 0 Å². The van der Waals surface area contributed by atoms with Crippen molar-refractivity contribution >= 4 is 35.0 Å². The van der Waals surface area contributed by atoms with Gasteiger partial charge in [-0.3, -0.25) is 19.2 Å². The Morgan fingerprint density at radius 3 is 2.79 bits per heavy atom. The van der Waals surface area contributed by atoms with Crippen molar-refractivity contribution in [3.8, 4) is 5.75 Å². The zero-order valence-corrected chi connectivity index (χ0v) is 19.5. The molecule has 3 aliphatic rings. The van der Waals surface area contributed by atoms with E-state index in [4.69, 9.17) is 4.74 Å². The number of hydrogen-bond donors (Lipinski definition) is 2. The van der Waals surface area contributed by atoms with Gasteiger partial charge in [0.25, 0.3) is 5.91 Å². The number of benzene rings is 1. The van der Waals surface area contributed by atoms with E-state index >= 15 is 0 Å². The minimum absolute atomic E-state index is 0.138. The molecule has 4 unspecified atom stereocenters. The van der Waals surface area contributed by atoms with Crippen molar-refractivity contribution < 1.29 is 23.9 Å². The van der Waals surface area contributed by atoms with Gasteiger partial charge in [0.1, 0.15) is 17.8 Å². The lowest BCUT2D eigenvalue weighted by atomic mass is 10.1. The Kier molecular flexibility index (Phi) is 5.99. The van der Waals surface area contributed by atoms with Gasteiger partial charge in [-0.1, -0.05) is 24.3 Å². The second-order valence-corrected chi connectivity index (χ2v) is 9.77. The normalized spacial score (nSPS) is 25.9. The lowest BCUT2D eigenvalue weighted by Crippen LogP contribution is -2.52. The summed E-state index contributed by atoms with van der Waals surface area (Å²) in [5.41, 5.74) is 0.764. The zero-order chi connectivity index (χ0) is 23.8. The molecule has 4 heterocycles. The van der Waals surface area contributed by atoms with Crippen molar-refractivity contribution in [2.45, 2.75) is 43.4 Å². The quantitative estimate of drug-likeness (QED) is 0.656. The van der Waals surface area contributed by atoms with Crippen LogP contribution in [0.3, 0.4) is 0 Å². The van der Waals surface area contributed by atoms with Crippen LogP contribution in [0.4, 0.5) is 0 Å². The molecule has 3 fully saturated rings. The van der Waals surface area contributed by atoms with Gasteiger partial charge in [-0.25, -0.2) is 0 Å². The molecule has 0 spiro atoms. The average molecular weight is 483 g/mol. The third-order valence-corrected chi connectivity index (χ3v) is 7.62. The van der Waals surface area contributed by atoms with Crippen molar-refractivity contribution in [1.82, 2.24) is 20.4 Å². The number of amides is 4. The van der Waals surface area contributed by atoms with E-state index in [1.807, 2.05) is 23.6 Å². The van der Waals surface area contributed by atoms with Gasteiger partial charge >= 0.3 is 0 Å². The molecule has 0 aliphatic carbocycles. The minimum atomic E-state index is -0.730. The first-order chi connectivity index (χ1) is 16.5. The molecule has 2 aromatic rings. The first-order valence-corrected chi connectivity index (χ1v) is 12.2. The summed E-state index contributed by atoms with van der Waals surface area (Å²) in [6.07, 6.45) is 1.02. The number of nitrogens with one attached hydrogen (secondary N) is 2. The number of likely N-dealkylation sites (tertiary alicyclic amines) is 1. The standard InChI is InChI=1S/C24H26N4O5S/c1-33-18-6-3-2-5-14(18)11-20(29)25-15-12-17-22(30)26-16-8-9-27(21(16)24(32)28(17)13-15)23(31)19-7-4-10-34-19/h2-7,10,15-17,21H,8-9,11-13H2,1H3,(H,25,29)(H,26,30). The second kappa shape index (κ2) is 9.09. The van der Waals surface area contributed by atoms with Crippen LogP contribution < -0.4 is 15.4 Å². The number of para-hydroxylation sites is 1. The molecule has 9 nitrogen and oxygen atoms in total. The lowest BCUT2D eigenvalue weighted by Gasteiger charge is -2.29. The van der Waals surface area contributed by atoms with Crippen LogP contribution >= 0.6 is 11.3 Å². The summed E-state index contributed by atoms with van der Waals surface area (Å²) in [6, 6.07) is 8.72. The summed E-state index contributed by atoms with van der Waals surface area (Å²) in [7, 11) is 1.56. The summed E-state index contributed by atoms with van der Waals surface area (Å²) in [5.74, 6) is -0.224. The first kappa shape index (κ1) is 22.4. The van der Waals surface area contributed by atoms with E-state index in [2.05, 4.69) is 10.6 Å². The molecule has 34 heavy (non-hydrogen) atoms. The van der Waals surface area contributed by atoms with Gasteiger partial charge in [-0.05, 0) is 30.4 Å². The number of carbonyl (C=O) groups is 4. The SMILES string of the molecule is COc1ccccc1CC(=O)NC1CC2C(=O)NC3CCN(C(=O)c4cccs4)C3C(=O)N2C1. The van der Waals surface area contributed by atoms with Gasteiger partial charge < -0.3 is 25.2 Å². The number of methoxy groups -OCH3 is 1. The van der Waals surface area contributed by atoms with Gasteiger partial charge in [0.2, 0.25) is 17.7 Å². The molecule has 4 atom stereocenters. The molecule has 1 aromatic carbocycles. The molecule has 178 valence electrons. The molecule has 3 aliphatic heterocycles.